The van der Waals surface area contributed by atoms with Gasteiger partial charge in [0.15, 0.2) is 0 Å². The molecular weight excluding hydrogens is 218 g/mol. The first-order chi connectivity index (χ1) is 7.58. The molecule has 0 radical (unpaired) electrons. The Morgan fingerprint density at radius 3 is 2.50 bits per heavy atom. The van der Waals surface area contributed by atoms with Crippen LogP contribution < -0.4 is 0 Å². The maximum atomic E-state index is 10.2. The Morgan fingerprint density at radius 1 is 1.19 bits per heavy atom. The zero-order valence-corrected chi connectivity index (χ0v) is 10.5. The summed E-state index contributed by atoms with van der Waals surface area (Å²) in [5, 5.41) is 10.2. The second-order valence-electron chi connectivity index (χ2n) is 4.09. The number of pyridine rings is 1. The Labute approximate surface area is 99.6 Å². The SMILES string of the molecule is Cc1cncc(C(O)c2cc(C)c(C)s2)c1. The highest BCUT2D eigenvalue weighted by Crippen LogP contribution is 2.30. The van der Waals surface area contributed by atoms with E-state index in [9.17, 15) is 5.11 Å². The van der Waals surface area contributed by atoms with E-state index in [1.54, 1.807) is 23.7 Å². The molecule has 1 N–H and O–H groups in total. The highest BCUT2D eigenvalue weighted by molar-refractivity contribution is 7.12. The standard InChI is InChI=1S/C13H15NOS/c1-8-4-11(7-14-6-8)13(15)12-5-9(2)10(3)16-12/h4-7,13,15H,1-3H3. The van der Waals surface area contributed by atoms with Crippen molar-refractivity contribution in [2.45, 2.75) is 26.9 Å². The highest BCUT2D eigenvalue weighted by atomic mass is 32.1. The van der Waals surface area contributed by atoms with E-state index in [-0.39, 0.29) is 0 Å². The average Bonchev–Trinajstić information content (AvgIpc) is 2.58. The van der Waals surface area contributed by atoms with Crippen LogP contribution in [0.15, 0.2) is 24.5 Å². The molecule has 0 spiro atoms. The third-order valence-corrected chi connectivity index (χ3v) is 3.87. The van der Waals surface area contributed by atoms with E-state index in [1.165, 1.54) is 10.4 Å². The number of thiophene rings is 1. The van der Waals surface area contributed by atoms with Gasteiger partial charge in [0.2, 0.25) is 0 Å². The fourth-order valence-corrected chi connectivity index (χ4v) is 2.69. The lowest BCUT2D eigenvalue weighted by atomic mass is 10.1. The van der Waals surface area contributed by atoms with Crippen LogP contribution in [0.3, 0.4) is 0 Å². The van der Waals surface area contributed by atoms with E-state index in [0.717, 1.165) is 16.0 Å². The number of nitrogens with zero attached hydrogens (tertiary/aromatic N) is 1. The summed E-state index contributed by atoms with van der Waals surface area (Å²) in [4.78, 5) is 6.35. The van der Waals surface area contributed by atoms with E-state index in [0.29, 0.717) is 0 Å². The van der Waals surface area contributed by atoms with E-state index in [4.69, 9.17) is 0 Å². The fraction of sp³-hybridized carbons (Fsp3) is 0.308. The molecule has 1 atom stereocenters. The van der Waals surface area contributed by atoms with E-state index < -0.39 is 6.10 Å². The number of rotatable bonds is 2. The molecule has 0 fully saturated rings. The first-order valence-corrected chi connectivity index (χ1v) is 6.06. The van der Waals surface area contributed by atoms with Crippen molar-refractivity contribution < 1.29 is 5.11 Å². The van der Waals surface area contributed by atoms with Crippen LogP contribution >= 0.6 is 11.3 Å². The molecule has 0 aliphatic carbocycles. The number of aliphatic hydroxyl groups is 1. The summed E-state index contributed by atoms with van der Waals surface area (Å²) < 4.78 is 0. The number of hydrogen-bond acceptors (Lipinski definition) is 3. The first kappa shape index (κ1) is 11.3. The maximum Gasteiger partial charge on any atom is 0.115 e. The third-order valence-electron chi connectivity index (χ3n) is 2.67. The number of aliphatic hydroxyl groups excluding tert-OH is 1. The Morgan fingerprint density at radius 2 is 1.94 bits per heavy atom. The molecule has 0 saturated carbocycles. The maximum absolute atomic E-state index is 10.2. The van der Waals surface area contributed by atoms with Gasteiger partial charge in [0.1, 0.15) is 6.10 Å². The normalized spacial score (nSPS) is 12.8. The lowest BCUT2D eigenvalue weighted by molar-refractivity contribution is 0.223. The molecule has 2 aromatic heterocycles. The topological polar surface area (TPSA) is 33.1 Å². The Balaban J connectivity index is 2.35. The van der Waals surface area contributed by atoms with Crippen LogP contribution in [0.2, 0.25) is 0 Å². The second-order valence-corrected chi connectivity index (χ2v) is 5.37. The Kier molecular flexibility index (Phi) is 3.08. The van der Waals surface area contributed by atoms with Crippen molar-refractivity contribution in [3.8, 4) is 0 Å². The van der Waals surface area contributed by atoms with Crippen LogP contribution in [0.5, 0.6) is 0 Å². The van der Waals surface area contributed by atoms with Crippen LogP contribution in [0, 0.1) is 20.8 Å². The average molecular weight is 233 g/mol. The van der Waals surface area contributed by atoms with Crippen molar-refractivity contribution >= 4 is 11.3 Å². The summed E-state index contributed by atoms with van der Waals surface area (Å²) in [5.41, 5.74) is 3.17. The molecule has 1 unspecified atom stereocenters. The van der Waals surface area contributed by atoms with E-state index in [2.05, 4.69) is 18.8 Å². The lowest BCUT2D eigenvalue weighted by Crippen LogP contribution is -1.98. The molecule has 84 valence electrons. The van der Waals surface area contributed by atoms with Gasteiger partial charge in [-0.05, 0) is 38.0 Å². The van der Waals surface area contributed by atoms with E-state index >= 15 is 0 Å². The van der Waals surface area contributed by atoms with Crippen molar-refractivity contribution in [3.05, 3.63) is 51.0 Å². The van der Waals surface area contributed by atoms with Gasteiger partial charge in [0.05, 0.1) is 0 Å². The molecule has 0 amide bonds. The highest BCUT2D eigenvalue weighted by Gasteiger charge is 2.14. The molecule has 3 heteroatoms. The molecule has 0 bridgehead atoms. The molecule has 2 aromatic rings. The minimum absolute atomic E-state index is 0.551. The molecular formula is C13H15NOS. The summed E-state index contributed by atoms with van der Waals surface area (Å²) in [6.45, 7) is 6.12. The Bertz CT molecular complexity index is 485. The zero-order chi connectivity index (χ0) is 11.7. The van der Waals surface area contributed by atoms with Gasteiger partial charge in [0.25, 0.3) is 0 Å². The lowest BCUT2D eigenvalue weighted by Gasteiger charge is -2.08. The molecule has 2 nitrogen and oxygen atoms in total. The van der Waals surface area contributed by atoms with Gasteiger partial charge in [-0.1, -0.05) is 6.07 Å². The van der Waals surface area contributed by atoms with Crippen molar-refractivity contribution in [2.75, 3.05) is 0 Å². The summed E-state index contributed by atoms with van der Waals surface area (Å²) in [5.74, 6) is 0. The third kappa shape index (κ3) is 2.15. The number of aromatic nitrogens is 1. The first-order valence-electron chi connectivity index (χ1n) is 5.24. The van der Waals surface area contributed by atoms with Gasteiger partial charge in [-0.3, -0.25) is 4.98 Å². The van der Waals surface area contributed by atoms with Gasteiger partial charge < -0.3 is 5.11 Å². The van der Waals surface area contributed by atoms with Crippen molar-refractivity contribution in [1.82, 2.24) is 4.98 Å². The van der Waals surface area contributed by atoms with Gasteiger partial charge in [-0.2, -0.15) is 0 Å². The number of aryl methyl sites for hydroxylation is 3. The monoisotopic (exact) mass is 233 g/mol. The molecule has 2 heterocycles. The minimum Gasteiger partial charge on any atom is -0.383 e. The molecule has 0 aliphatic rings. The van der Waals surface area contributed by atoms with Crippen LogP contribution in [0.4, 0.5) is 0 Å². The van der Waals surface area contributed by atoms with Crippen molar-refractivity contribution in [1.29, 1.82) is 0 Å². The Hall–Kier alpha value is -1.19. The van der Waals surface area contributed by atoms with Crippen LogP contribution in [-0.2, 0) is 0 Å². The molecule has 16 heavy (non-hydrogen) atoms. The summed E-state index contributed by atoms with van der Waals surface area (Å²) >= 11 is 1.65. The van der Waals surface area contributed by atoms with Gasteiger partial charge >= 0.3 is 0 Å². The van der Waals surface area contributed by atoms with Crippen molar-refractivity contribution in [2.24, 2.45) is 0 Å². The second kappa shape index (κ2) is 4.36. The van der Waals surface area contributed by atoms with Crippen LogP contribution in [0.1, 0.15) is 32.5 Å². The fourth-order valence-electron chi connectivity index (χ4n) is 1.63. The largest absolute Gasteiger partial charge is 0.383 e. The van der Waals surface area contributed by atoms with Crippen LogP contribution in [-0.4, -0.2) is 10.1 Å². The van der Waals surface area contributed by atoms with Gasteiger partial charge in [-0.15, -0.1) is 11.3 Å². The molecule has 2 rings (SSSR count). The summed E-state index contributed by atoms with van der Waals surface area (Å²) in [7, 11) is 0. The molecule has 0 aliphatic heterocycles. The molecule has 0 saturated heterocycles. The quantitative estimate of drug-likeness (QED) is 0.864. The summed E-state index contributed by atoms with van der Waals surface area (Å²) in [6, 6.07) is 4.02. The predicted octanol–water partition coefficient (Wildman–Crippen LogP) is 3.15. The van der Waals surface area contributed by atoms with Gasteiger partial charge in [0, 0.05) is 27.7 Å². The summed E-state index contributed by atoms with van der Waals surface area (Å²) in [6.07, 6.45) is 2.97. The zero-order valence-electron chi connectivity index (χ0n) is 9.69. The van der Waals surface area contributed by atoms with Crippen molar-refractivity contribution in [3.63, 3.8) is 0 Å². The smallest absolute Gasteiger partial charge is 0.115 e. The predicted molar refractivity (Wildman–Crippen MR) is 66.8 cm³/mol. The molecule has 0 aromatic carbocycles. The van der Waals surface area contributed by atoms with Crippen LogP contribution in [0.25, 0.3) is 0 Å². The van der Waals surface area contributed by atoms with Gasteiger partial charge in [-0.25, -0.2) is 0 Å². The van der Waals surface area contributed by atoms with E-state index in [1.807, 2.05) is 19.1 Å². The minimum atomic E-state index is -0.551. The number of hydrogen-bond donors (Lipinski definition) is 1.